The summed E-state index contributed by atoms with van der Waals surface area (Å²) in [4.78, 5) is 4.70. The minimum atomic E-state index is 0.0996. The first-order valence-electron chi connectivity index (χ1n) is 6.42. The number of aliphatic hydroxyl groups is 1. The van der Waals surface area contributed by atoms with Crippen molar-refractivity contribution in [2.75, 3.05) is 32.1 Å². The molecule has 4 heteroatoms. The monoisotopic (exact) mass is 312 g/mol. The van der Waals surface area contributed by atoms with Gasteiger partial charge in [0.25, 0.3) is 0 Å². The van der Waals surface area contributed by atoms with Crippen molar-refractivity contribution in [1.29, 1.82) is 0 Å². The Kier molecular flexibility index (Phi) is 4.65. The van der Waals surface area contributed by atoms with Gasteiger partial charge in [0.2, 0.25) is 0 Å². The second-order valence-electron chi connectivity index (χ2n) is 5.11. The van der Waals surface area contributed by atoms with Crippen LogP contribution in [0.4, 0.5) is 5.69 Å². The van der Waals surface area contributed by atoms with Crippen molar-refractivity contribution in [3.63, 3.8) is 0 Å². The average Bonchev–Trinajstić information content (AvgIpc) is 2.38. The van der Waals surface area contributed by atoms with Crippen molar-refractivity contribution < 1.29 is 5.11 Å². The van der Waals surface area contributed by atoms with Crippen LogP contribution in [0, 0.1) is 0 Å². The van der Waals surface area contributed by atoms with Gasteiger partial charge in [0.05, 0.1) is 6.61 Å². The Morgan fingerprint density at radius 1 is 1.33 bits per heavy atom. The summed E-state index contributed by atoms with van der Waals surface area (Å²) in [6.45, 7) is 2.23. The SMILES string of the molecule is CN(C)C1CCN(c2ccc(Br)cc2CO)CC1. The van der Waals surface area contributed by atoms with Crippen LogP contribution in [0.15, 0.2) is 22.7 Å². The van der Waals surface area contributed by atoms with Gasteiger partial charge in [-0.1, -0.05) is 15.9 Å². The van der Waals surface area contributed by atoms with Crippen molar-refractivity contribution in [2.24, 2.45) is 0 Å². The number of hydrogen-bond donors (Lipinski definition) is 1. The molecule has 2 rings (SSSR count). The van der Waals surface area contributed by atoms with Crippen molar-refractivity contribution in [3.8, 4) is 0 Å². The number of hydrogen-bond acceptors (Lipinski definition) is 3. The molecule has 0 atom stereocenters. The van der Waals surface area contributed by atoms with Gasteiger partial charge in [-0.3, -0.25) is 0 Å². The molecule has 0 bridgehead atoms. The predicted octanol–water partition coefficient (Wildman–Crippen LogP) is 2.47. The normalized spacial score (nSPS) is 17.5. The van der Waals surface area contributed by atoms with Crippen molar-refractivity contribution in [3.05, 3.63) is 28.2 Å². The Morgan fingerprint density at radius 3 is 2.56 bits per heavy atom. The molecular formula is C14H21BrN2O. The van der Waals surface area contributed by atoms with Crippen LogP contribution in [0.25, 0.3) is 0 Å². The van der Waals surface area contributed by atoms with Gasteiger partial charge >= 0.3 is 0 Å². The van der Waals surface area contributed by atoms with Crippen LogP contribution >= 0.6 is 15.9 Å². The fourth-order valence-electron chi connectivity index (χ4n) is 2.61. The Morgan fingerprint density at radius 2 is 2.00 bits per heavy atom. The van der Waals surface area contributed by atoms with E-state index in [4.69, 9.17) is 0 Å². The van der Waals surface area contributed by atoms with Gasteiger partial charge in [-0.2, -0.15) is 0 Å². The zero-order valence-electron chi connectivity index (χ0n) is 11.1. The number of rotatable bonds is 3. The van der Waals surface area contributed by atoms with Crippen LogP contribution in [0.5, 0.6) is 0 Å². The molecule has 1 fully saturated rings. The Bertz CT molecular complexity index is 401. The molecule has 100 valence electrons. The Balaban J connectivity index is 2.09. The molecule has 18 heavy (non-hydrogen) atoms. The second kappa shape index (κ2) is 6.04. The fourth-order valence-corrected chi connectivity index (χ4v) is 3.02. The van der Waals surface area contributed by atoms with Crippen molar-refractivity contribution in [2.45, 2.75) is 25.5 Å². The van der Waals surface area contributed by atoms with E-state index in [9.17, 15) is 5.11 Å². The summed E-state index contributed by atoms with van der Waals surface area (Å²) in [5, 5.41) is 9.46. The first-order chi connectivity index (χ1) is 8.61. The van der Waals surface area contributed by atoms with E-state index in [-0.39, 0.29) is 6.61 Å². The average molecular weight is 313 g/mol. The molecule has 1 saturated heterocycles. The number of nitrogens with zero attached hydrogens (tertiary/aromatic N) is 2. The molecule has 0 saturated carbocycles. The molecule has 0 spiro atoms. The number of anilines is 1. The molecule has 1 aromatic carbocycles. The number of benzene rings is 1. The Labute approximate surface area is 118 Å². The predicted molar refractivity (Wildman–Crippen MR) is 79.0 cm³/mol. The maximum atomic E-state index is 9.46. The molecule has 0 unspecified atom stereocenters. The zero-order valence-corrected chi connectivity index (χ0v) is 12.7. The summed E-state index contributed by atoms with van der Waals surface area (Å²) in [7, 11) is 4.30. The molecule has 3 nitrogen and oxygen atoms in total. The summed E-state index contributed by atoms with van der Waals surface area (Å²) >= 11 is 3.45. The largest absolute Gasteiger partial charge is 0.392 e. The molecule has 1 N–H and O–H groups in total. The molecule has 0 aliphatic carbocycles. The van der Waals surface area contributed by atoms with E-state index in [1.807, 2.05) is 12.1 Å². The highest BCUT2D eigenvalue weighted by atomic mass is 79.9. The maximum Gasteiger partial charge on any atom is 0.0702 e. The van der Waals surface area contributed by atoms with Gasteiger partial charge in [0, 0.05) is 34.9 Å². The summed E-state index contributed by atoms with van der Waals surface area (Å²) in [6.07, 6.45) is 2.38. The van der Waals surface area contributed by atoms with Crippen LogP contribution in [0.3, 0.4) is 0 Å². The molecule has 0 radical (unpaired) electrons. The van der Waals surface area contributed by atoms with E-state index in [0.29, 0.717) is 6.04 Å². The summed E-state index contributed by atoms with van der Waals surface area (Å²) < 4.78 is 1.03. The van der Waals surface area contributed by atoms with E-state index in [1.165, 1.54) is 18.5 Å². The lowest BCUT2D eigenvalue weighted by Crippen LogP contribution is -2.42. The molecule has 1 aliphatic heterocycles. The molecule has 1 aliphatic rings. The van der Waals surface area contributed by atoms with Gasteiger partial charge in [-0.05, 0) is 45.1 Å². The van der Waals surface area contributed by atoms with Crippen LogP contribution in [-0.4, -0.2) is 43.2 Å². The van der Waals surface area contributed by atoms with Crippen molar-refractivity contribution in [1.82, 2.24) is 4.90 Å². The van der Waals surface area contributed by atoms with E-state index in [0.717, 1.165) is 23.1 Å². The third-order valence-corrected chi connectivity index (χ3v) is 4.24. The number of halogens is 1. The van der Waals surface area contributed by atoms with Gasteiger partial charge in [0.1, 0.15) is 0 Å². The lowest BCUT2D eigenvalue weighted by Gasteiger charge is -2.37. The van der Waals surface area contributed by atoms with Gasteiger partial charge in [-0.15, -0.1) is 0 Å². The third kappa shape index (κ3) is 3.05. The number of piperidine rings is 1. The first kappa shape index (κ1) is 13.8. The first-order valence-corrected chi connectivity index (χ1v) is 7.21. The second-order valence-corrected chi connectivity index (χ2v) is 6.03. The third-order valence-electron chi connectivity index (χ3n) is 3.75. The fraction of sp³-hybridized carbons (Fsp3) is 0.571. The highest BCUT2D eigenvalue weighted by Gasteiger charge is 2.21. The van der Waals surface area contributed by atoms with E-state index >= 15 is 0 Å². The molecule has 1 aromatic rings. The summed E-state index contributed by atoms with van der Waals surface area (Å²) in [6, 6.07) is 6.85. The van der Waals surface area contributed by atoms with Crippen molar-refractivity contribution >= 4 is 21.6 Å². The van der Waals surface area contributed by atoms with E-state index < -0.39 is 0 Å². The molecule has 1 heterocycles. The lowest BCUT2D eigenvalue weighted by molar-refractivity contribution is 0.248. The van der Waals surface area contributed by atoms with Gasteiger partial charge in [-0.25, -0.2) is 0 Å². The molecule has 0 amide bonds. The van der Waals surface area contributed by atoms with Crippen LogP contribution < -0.4 is 4.90 Å². The summed E-state index contributed by atoms with van der Waals surface area (Å²) in [5.74, 6) is 0. The smallest absolute Gasteiger partial charge is 0.0702 e. The summed E-state index contributed by atoms with van der Waals surface area (Å²) in [5.41, 5.74) is 2.19. The quantitative estimate of drug-likeness (QED) is 0.929. The van der Waals surface area contributed by atoms with Crippen LogP contribution in [0.1, 0.15) is 18.4 Å². The lowest BCUT2D eigenvalue weighted by atomic mass is 10.0. The zero-order chi connectivity index (χ0) is 13.1. The molecular weight excluding hydrogens is 292 g/mol. The molecule has 0 aromatic heterocycles. The Hall–Kier alpha value is -0.580. The van der Waals surface area contributed by atoms with Crippen LogP contribution in [-0.2, 0) is 6.61 Å². The minimum absolute atomic E-state index is 0.0996. The standard InChI is InChI=1S/C14H21BrN2O/c1-16(2)13-5-7-17(8-6-13)14-4-3-12(15)9-11(14)10-18/h3-4,9,13,18H,5-8,10H2,1-2H3. The highest BCUT2D eigenvalue weighted by molar-refractivity contribution is 9.10. The minimum Gasteiger partial charge on any atom is -0.392 e. The topological polar surface area (TPSA) is 26.7 Å². The number of aliphatic hydroxyl groups excluding tert-OH is 1. The highest BCUT2D eigenvalue weighted by Crippen LogP contribution is 2.27. The maximum absolute atomic E-state index is 9.46. The van der Waals surface area contributed by atoms with E-state index in [2.05, 4.69) is 45.9 Å². The van der Waals surface area contributed by atoms with Gasteiger partial charge < -0.3 is 14.9 Å². The van der Waals surface area contributed by atoms with Crippen LogP contribution in [0.2, 0.25) is 0 Å². The van der Waals surface area contributed by atoms with Gasteiger partial charge in [0.15, 0.2) is 0 Å². The van der Waals surface area contributed by atoms with E-state index in [1.54, 1.807) is 0 Å².